The molecule has 0 N–H and O–H groups in total. The highest BCUT2D eigenvalue weighted by Crippen LogP contribution is 2.25. The summed E-state index contributed by atoms with van der Waals surface area (Å²) in [5.41, 5.74) is 2.46. The Labute approximate surface area is 97.2 Å². The number of aryl methyl sites for hydroxylation is 2. The first kappa shape index (κ1) is 14.1. The van der Waals surface area contributed by atoms with E-state index < -0.39 is 0 Å². The van der Waals surface area contributed by atoms with Crippen molar-refractivity contribution < 1.29 is 0 Å². The molecule has 0 bridgehead atoms. The van der Waals surface area contributed by atoms with E-state index in [1.807, 2.05) is 45.2 Å². The van der Waals surface area contributed by atoms with Crippen molar-refractivity contribution in [1.29, 1.82) is 0 Å². The Kier molecular flexibility index (Phi) is 6.97. The second kappa shape index (κ2) is 7.41. The molecule has 2 heterocycles. The molecule has 0 amide bonds. The molecule has 0 aliphatic carbocycles. The summed E-state index contributed by atoms with van der Waals surface area (Å²) in [6.45, 7) is 12.2. The first-order valence-corrected chi connectivity index (χ1v) is 6.41. The fourth-order valence-electron chi connectivity index (χ4n) is 1.18. The number of pyridine rings is 1. The number of fused-ring (bicyclic) bond motifs is 1. The summed E-state index contributed by atoms with van der Waals surface area (Å²) in [7, 11) is 0. The van der Waals surface area contributed by atoms with Gasteiger partial charge in [-0.25, -0.2) is 0 Å². The minimum atomic E-state index is 1.13. The summed E-state index contributed by atoms with van der Waals surface area (Å²) in [5, 5.41) is 0. The zero-order valence-electron chi connectivity index (χ0n) is 10.6. The van der Waals surface area contributed by atoms with Crippen molar-refractivity contribution in [3.63, 3.8) is 0 Å². The Morgan fingerprint density at radius 1 is 1.07 bits per heavy atom. The molecule has 0 fully saturated rings. The highest BCUT2D eigenvalue weighted by molar-refractivity contribution is 7.19. The standard InChI is InChI=1S/C9H9NS.2C2H6/c1-6-3-4-10-8-5-7(2)11-9(6)8;2*1-2/h3-5H,1-2H3;2*1-2H3. The van der Waals surface area contributed by atoms with Gasteiger partial charge < -0.3 is 0 Å². The average molecular weight is 223 g/mol. The molecule has 2 heteroatoms. The van der Waals surface area contributed by atoms with Gasteiger partial charge in [-0.2, -0.15) is 0 Å². The van der Waals surface area contributed by atoms with Gasteiger partial charge in [0, 0.05) is 11.1 Å². The van der Waals surface area contributed by atoms with Crippen molar-refractivity contribution in [2.24, 2.45) is 0 Å². The maximum absolute atomic E-state index is 4.27. The Balaban J connectivity index is 0.000000442. The number of rotatable bonds is 0. The van der Waals surface area contributed by atoms with Crippen LogP contribution in [0.2, 0.25) is 0 Å². The van der Waals surface area contributed by atoms with Crippen molar-refractivity contribution in [2.75, 3.05) is 0 Å². The second-order valence-electron chi connectivity index (χ2n) is 2.70. The van der Waals surface area contributed by atoms with Crippen molar-refractivity contribution in [3.8, 4) is 0 Å². The average Bonchev–Trinajstić information content (AvgIpc) is 2.66. The smallest absolute Gasteiger partial charge is 0.0815 e. The quantitative estimate of drug-likeness (QED) is 0.614. The monoisotopic (exact) mass is 223 g/mol. The van der Waals surface area contributed by atoms with E-state index in [0.29, 0.717) is 0 Å². The van der Waals surface area contributed by atoms with E-state index in [2.05, 4.69) is 31.0 Å². The van der Waals surface area contributed by atoms with Crippen LogP contribution in [0, 0.1) is 13.8 Å². The predicted molar refractivity (Wildman–Crippen MR) is 71.8 cm³/mol. The summed E-state index contributed by atoms with van der Waals surface area (Å²) in [6.07, 6.45) is 1.86. The Morgan fingerprint density at radius 3 is 2.20 bits per heavy atom. The van der Waals surface area contributed by atoms with Crippen LogP contribution in [0.3, 0.4) is 0 Å². The van der Waals surface area contributed by atoms with Crippen LogP contribution in [0.25, 0.3) is 10.2 Å². The van der Waals surface area contributed by atoms with Crippen LogP contribution in [-0.2, 0) is 0 Å². The van der Waals surface area contributed by atoms with Crippen molar-refractivity contribution in [2.45, 2.75) is 41.5 Å². The lowest BCUT2D eigenvalue weighted by Crippen LogP contribution is -1.73. The molecule has 0 aliphatic heterocycles. The molecule has 2 rings (SSSR count). The van der Waals surface area contributed by atoms with Gasteiger partial charge in [-0.05, 0) is 31.5 Å². The molecule has 0 saturated heterocycles. The van der Waals surface area contributed by atoms with E-state index in [4.69, 9.17) is 0 Å². The van der Waals surface area contributed by atoms with Crippen LogP contribution in [-0.4, -0.2) is 4.98 Å². The van der Waals surface area contributed by atoms with Crippen molar-refractivity contribution >= 4 is 21.6 Å². The fraction of sp³-hybridized carbons (Fsp3) is 0.462. The maximum Gasteiger partial charge on any atom is 0.0815 e. The van der Waals surface area contributed by atoms with Crippen LogP contribution in [0.5, 0.6) is 0 Å². The zero-order valence-corrected chi connectivity index (χ0v) is 11.4. The van der Waals surface area contributed by atoms with Crippen LogP contribution < -0.4 is 0 Å². The van der Waals surface area contributed by atoms with E-state index >= 15 is 0 Å². The van der Waals surface area contributed by atoms with E-state index in [0.717, 1.165) is 5.52 Å². The number of hydrogen-bond acceptors (Lipinski definition) is 2. The normalized spacial score (nSPS) is 8.67. The Bertz CT molecular complexity index is 390. The number of thiophene rings is 1. The third kappa shape index (κ3) is 3.63. The summed E-state index contributed by atoms with van der Waals surface area (Å²) >= 11 is 1.82. The van der Waals surface area contributed by atoms with Gasteiger partial charge in [0.2, 0.25) is 0 Å². The number of nitrogens with zero attached hydrogens (tertiary/aromatic N) is 1. The number of hydrogen-bond donors (Lipinski definition) is 0. The summed E-state index contributed by atoms with van der Waals surface area (Å²) < 4.78 is 1.32. The van der Waals surface area contributed by atoms with Gasteiger partial charge in [0.15, 0.2) is 0 Å². The molecule has 2 aromatic heterocycles. The Morgan fingerprint density at radius 2 is 1.67 bits per heavy atom. The molecule has 0 spiro atoms. The largest absolute Gasteiger partial charge is 0.255 e. The molecule has 0 unspecified atom stereocenters. The highest BCUT2D eigenvalue weighted by Gasteiger charge is 2.00. The minimum Gasteiger partial charge on any atom is -0.255 e. The van der Waals surface area contributed by atoms with E-state index in [1.165, 1.54) is 15.1 Å². The van der Waals surface area contributed by atoms with Crippen molar-refractivity contribution in [1.82, 2.24) is 4.98 Å². The lowest BCUT2D eigenvalue weighted by atomic mass is 10.3. The first-order valence-electron chi connectivity index (χ1n) is 5.59. The van der Waals surface area contributed by atoms with Gasteiger partial charge in [-0.3, -0.25) is 4.98 Å². The van der Waals surface area contributed by atoms with Gasteiger partial charge in [-0.15, -0.1) is 11.3 Å². The molecule has 2 aromatic rings. The molecular formula is C13H21NS. The Hall–Kier alpha value is -0.890. The van der Waals surface area contributed by atoms with Crippen LogP contribution in [0.15, 0.2) is 18.3 Å². The molecule has 0 saturated carbocycles. The lowest BCUT2D eigenvalue weighted by Gasteiger charge is -1.90. The fourth-order valence-corrected chi connectivity index (χ4v) is 2.12. The molecular weight excluding hydrogens is 202 g/mol. The van der Waals surface area contributed by atoms with Gasteiger partial charge in [0.1, 0.15) is 0 Å². The van der Waals surface area contributed by atoms with Gasteiger partial charge in [-0.1, -0.05) is 27.7 Å². The molecule has 0 atom stereocenters. The summed E-state index contributed by atoms with van der Waals surface area (Å²) in [6, 6.07) is 4.19. The third-order valence-electron chi connectivity index (χ3n) is 1.73. The minimum absolute atomic E-state index is 1.13. The second-order valence-corrected chi connectivity index (χ2v) is 3.96. The van der Waals surface area contributed by atoms with Gasteiger partial charge >= 0.3 is 0 Å². The van der Waals surface area contributed by atoms with Crippen LogP contribution in [0.4, 0.5) is 0 Å². The predicted octanol–water partition coefficient (Wildman–Crippen LogP) is 4.97. The van der Waals surface area contributed by atoms with Crippen LogP contribution >= 0.6 is 11.3 Å². The molecule has 0 aliphatic rings. The van der Waals surface area contributed by atoms with Gasteiger partial charge in [0.25, 0.3) is 0 Å². The van der Waals surface area contributed by atoms with E-state index in [9.17, 15) is 0 Å². The van der Waals surface area contributed by atoms with Crippen molar-refractivity contribution in [3.05, 3.63) is 28.8 Å². The lowest BCUT2D eigenvalue weighted by molar-refractivity contribution is 1.38. The summed E-state index contributed by atoms with van der Waals surface area (Å²) in [5.74, 6) is 0. The number of aromatic nitrogens is 1. The third-order valence-corrected chi connectivity index (χ3v) is 2.91. The topological polar surface area (TPSA) is 12.9 Å². The molecule has 84 valence electrons. The first-order chi connectivity index (χ1) is 7.27. The molecule has 0 aromatic carbocycles. The van der Waals surface area contributed by atoms with E-state index in [1.54, 1.807) is 0 Å². The maximum atomic E-state index is 4.27. The van der Waals surface area contributed by atoms with E-state index in [-0.39, 0.29) is 0 Å². The molecule has 0 radical (unpaired) electrons. The molecule has 15 heavy (non-hydrogen) atoms. The summed E-state index contributed by atoms with van der Waals surface area (Å²) in [4.78, 5) is 5.61. The van der Waals surface area contributed by atoms with Crippen LogP contribution in [0.1, 0.15) is 38.1 Å². The van der Waals surface area contributed by atoms with Gasteiger partial charge in [0.05, 0.1) is 10.2 Å². The molecule has 1 nitrogen and oxygen atoms in total. The zero-order chi connectivity index (χ0) is 11.8. The highest BCUT2D eigenvalue weighted by atomic mass is 32.1. The SMILES string of the molecule is CC.CC.Cc1cc2nccc(C)c2s1.